The number of rotatable bonds is 5. The summed E-state index contributed by atoms with van der Waals surface area (Å²) in [6.07, 6.45) is 0. The molecule has 0 bridgehead atoms. The van der Waals surface area contributed by atoms with Crippen LogP contribution >= 0.6 is 0 Å². The molecule has 8 heteroatoms. The Morgan fingerprint density at radius 2 is 2.32 bits per heavy atom. The topological polar surface area (TPSA) is 113 Å². The molecule has 0 aliphatic rings. The Morgan fingerprint density at radius 1 is 1.53 bits per heavy atom. The Bertz CT molecular complexity index is 543. The maximum Gasteiger partial charge on any atom is 0.258 e. The van der Waals surface area contributed by atoms with E-state index in [4.69, 9.17) is 4.74 Å². The average Bonchev–Trinajstić information content (AvgIpc) is 2.91. The van der Waals surface area contributed by atoms with Crippen LogP contribution < -0.4 is 10.1 Å². The van der Waals surface area contributed by atoms with E-state index < -0.39 is 0 Å². The minimum Gasteiger partial charge on any atom is -0.504 e. The highest BCUT2D eigenvalue weighted by molar-refractivity contribution is 5.77. The zero-order valence-corrected chi connectivity index (χ0v) is 10.2. The van der Waals surface area contributed by atoms with Crippen LogP contribution in [0, 0.1) is 0 Å². The van der Waals surface area contributed by atoms with Crippen LogP contribution in [-0.4, -0.2) is 38.2 Å². The van der Waals surface area contributed by atoms with Crippen molar-refractivity contribution in [2.45, 2.75) is 13.0 Å². The summed E-state index contributed by atoms with van der Waals surface area (Å²) in [5, 5.41) is 25.3. The van der Waals surface area contributed by atoms with Gasteiger partial charge in [0, 0.05) is 0 Å². The van der Waals surface area contributed by atoms with Crippen LogP contribution in [0.25, 0.3) is 0 Å². The van der Waals surface area contributed by atoms with E-state index in [9.17, 15) is 9.90 Å². The number of benzene rings is 1. The number of hydrogen-bond donors (Lipinski definition) is 3. The summed E-state index contributed by atoms with van der Waals surface area (Å²) >= 11 is 0. The molecule has 1 aromatic carbocycles. The largest absolute Gasteiger partial charge is 0.504 e. The van der Waals surface area contributed by atoms with E-state index in [0.717, 1.165) is 0 Å². The van der Waals surface area contributed by atoms with Crippen LogP contribution in [0.5, 0.6) is 11.5 Å². The molecule has 100 valence electrons. The van der Waals surface area contributed by atoms with E-state index in [1.54, 1.807) is 25.1 Å². The van der Waals surface area contributed by atoms with Gasteiger partial charge >= 0.3 is 0 Å². The third-order valence-corrected chi connectivity index (χ3v) is 2.35. The minimum absolute atomic E-state index is 0.0125. The SMILES string of the molecule is CC(NC(=O)COc1ccccc1O)c1nn[nH]n1. The molecule has 8 nitrogen and oxygen atoms in total. The summed E-state index contributed by atoms with van der Waals surface area (Å²) in [5.41, 5.74) is 0. The number of tetrazole rings is 1. The minimum atomic E-state index is -0.376. The second-order valence-electron chi connectivity index (χ2n) is 3.82. The van der Waals surface area contributed by atoms with E-state index in [1.165, 1.54) is 6.07 Å². The molecule has 2 rings (SSSR count). The third kappa shape index (κ3) is 3.41. The number of aromatic amines is 1. The zero-order chi connectivity index (χ0) is 13.7. The Balaban J connectivity index is 1.84. The molecule has 0 aliphatic heterocycles. The van der Waals surface area contributed by atoms with Crippen molar-refractivity contribution in [3.8, 4) is 11.5 Å². The molecule has 19 heavy (non-hydrogen) atoms. The number of H-pyrrole nitrogens is 1. The summed E-state index contributed by atoms with van der Waals surface area (Å²) in [7, 11) is 0. The van der Waals surface area contributed by atoms with Crippen LogP contribution in [0.3, 0.4) is 0 Å². The lowest BCUT2D eigenvalue weighted by Gasteiger charge is -2.11. The molecular formula is C11H13N5O3. The fourth-order valence-corrected chi connectivity index (χ4v) is 1.42. The van der Waals surface area contributed by atoms with Crippen molar-refractivity contribution in [1.29, 1.82) is 0 Å². The molecule has 0 aliphatic carbocycles. The standard InChI is InChI=1S/C11H13N5O3/c1-7(11-13-15-16-14-11)12-10(18)6-19-9-5-3-2-4-8(9)17/h2-5,7,17H,6H2,1H3,(H,12,18)(H,13,14,15,16). The molecule has 2 aromatic rings. The van der Waals surface area contributed by atoms with Gasteiger partial charge in [-0.25, -0.2) is 0 Å². The van der Waals surface area contributed by atoms with Gasteiger partial charge in [-0.1, -0.05) is 17.3 Å². The van der Waals surface area contributed by atoms with Gasteiger partial charge in [-0.05, 0) is 19.1 Å². The molecule has 1 atom stereocenters. The Kier molecular flexibility index (Phi) is 3.91. The number of nitrogens with zero attached hydrogens (tertiary/aromatic N) is 3. The first-order valence-electron chi connectivity index (χ1n) is 5.60. The number of para-hydroxylation sites is 2. The highest BCUT2D eigenvalue weighted by Gasteiger charge is 2.14. The average molecular weight is 263 g/mol. The van der Waals surface area contributed by atoms with Crippen molar-refractivity contribution in [1.82, 2.24) is 25.9 Å². The van der Waals surface area contributed by atoms with E-state index in [-0.39, 0.29) is 30.1 Å². The van der Waals surface area contributed by atoms with E-state index >= 15 is 0 Å². The first-order valence-corrected chi connectivity index (χ1v) is 5.60. The van der Waals surface area contributed by atoms with Gasteiger partial charge in [-0.15, -0.1) is 10.2 Å². The molecular weight excluding hydrogens is 250 g/mol. The highest BCUT2D eigenvalue weighted by atomic mass is 16.5. The second-order valence-corrected chi connectivity index (χ2v) is 3.82. The van der Waals surface area contributed by atoms with E-state index in [0.29, 0.717) is 5.82 Å². The van der Waals surface area contributed by atoms with Crippen LogP contribution in [0.15, 0.2) is 24.3 Å². The number of aromatic hydroxyl groups is 1. The summed E-state index contributed by atoms with van der Waals surface area (Å²) in [4.78, 5) is 11.6. The van der Waals surface area contributed by atoms with Crippen molar-refractivity contribution >= 4 is 5.91 Å². The number of carbonyl (C=O) groups excluding carboxylic acids is 1. The van der Waals surface area contributed by atoms with Crippen molar-refractivity contribution in [2.75, 3.05) is 6.61 Å². The number of ether oxygens (including phenoxy) is 1. The highest BCUT2D eigenvalue weighted by Crippen LogP contribution is 2.24. The quantitative estimate of drug-likeness (QED) is 0.708. The lowest BCUT2D eigenvalue weighted by Crippen LogP contribution is -2.31. The normalized spacial score (nSPS) is 11.8. The first-order chi connectivity index (χ1) is 9.16. The Labute approximate surface area is 108 Å². The lowest BCUT2D eigenvalue weighted by atomic mass is 10.3. The molecule has 0 fully saturated rings. The van der Waals surface area contributed by atoms with Gasteiger partial charge in [-0.2, -0.15) is 5.21 Å². The van der Waals surface area contributed by atoms with Crippen LogP contribution in [0.1, 0.15) is 18.8 Å². The molecule has 1 aromatic heterocycles. The van der Waals surface area contributed by atoms with Gasteiger partial charge in [0.15, 0.2) is 23.9 Å². The van der Waals surface area contributed by atoms with Crippen molar-refractivity contribution in [2.24, 2.45) is 0 Å². The van der Waals surface area contributed by atoms with Gasteiger partial charge in [0.05, 0.1) is 6.04 Å². The van der Waals surface area contributed by atoms with E-state index in [1.807, 2.05) is 0 Å². The van der Waals surface area contributed by atoms with Gasteiger partial charge < -0.3 is 15.2 Å². The fraction of sp³-hybridized carbons (Fsp3) is 0.273. The molecule has 0 saturated carbocycles. The molecule has 3 N–H and O–H groups in total. The van der Waals surface area contributed by atoms with Gasteiger partial charge in [-0.3, -0.25) is 4.79 Å². The monoisotopic (exact) mass is 263 g/mol. The molecule has 0 radical (unpaired) electrons. The van der Waals surface area contributed by atoms with Crippen molar-refractivity contribution in [3.05, 3.63) is 30.1 Å². The Hall–Kier alpha value is -2.64. The molecule has 1 unspecified atom stereocenters. The molecule has 0 spiro atoms. The van der Waals surface area contributed by atoms with Gasteiger partial charge in [0.25, 0.3) is 5.91 Å². The number of aromatic nitrogens is 4. The number of phenolic OH excluding ortho intramolecular Hbond substituents is 1. The van der Waals surface area contributed by atoms with Gasteiger partial charge in [0.1, 0.15) is 0 Å². The summed E-state index contributed by atoms with van der Waals surface area (Å²) in [6, 6.07) is 6.05. The molecule has 1 amide bonds. The number of nitrogens with one attached hydrogen (secondary N) is 2. The first kappa shape index (κ1) is 12.8. The molecule has 0 saturated heterocycles. The number of hydrogen-bond acceptors (Lipinski definition) is 6. The summed E-state index contributed by atoms with van der Waals surface area (Å²) in [5.74, 6) is 0.280. The van der Waals surface area contributed by atoms with Crippen LogP contribution in [0.4, 0.5) is 0 Å². The van der Waals surface area contributed by atoms with Crippen LogP contribution in [0.2, 0.25) is 0 Å². The lowest BCUT2D eigenvalue weighted by molar-refractivity contribution is -0.123. The maximum atomic E-state index is 11.6. The second kappa shape index (κ2) is 5.80. The zero-order valence-electron chi connectivity index (χ0n) is 10.2. The van der Waals surface area contributed by atoms with E-state index in [2.05, 4.69) is 25.9 Å². The summed E-state index contributed by atoms with van der Waals surface area (Å²) in [6.45, 7) is 1.52. The summed E-state index contributed by atoms with van der Waals surface area (Å²) < 4.78 is 5.19. The fourth-order valence-electron chi connectivity index (χ4n) is 1.42. The molecule has 1 heterocycles. The Morgan fingerprint density at radius 3 is 3.00 bits per heavy atom. The predicted octanol–water partition coefficient (Wildman–Crippen LogP) is 0.161. The number of carbonyl (C=O) groups is 1. The van der Waals surface area contributed by atoms with Crippen LogP contribution in [-0.2, 0) is 4.79 Å². The van der Waals surface area contributed by atoms with Crippen molar-refractivity contribution < 1.29 is 14.6 Å². The maximum absolute atomic E-state index is 11.6. The van der Waals surface area contributed by atoms with Crippen molar-refractivity contribution in [3.63, 3.8) is 0 Å². The number of amides is 1. The smallest absolute Gasteiger partial charge is 0.258 e. The predicted molar refractivity (Wildman–Crippen MR) is 64.3 cm³/mol. The number of phenols is 1. The van der Waals surface area contributed by atoms with Gasteiger partial charge in [0.2, 0.25) is 0 Å². The third-order valence-electron chi connectivity index (χ3n) is 2.35.